The summed E-state index contributed by atoms with van der Waals surface area (Å²) in [6.07, 6.45) is 1.41. The molecule has 0 unspecified atom stereocenters. The van der Waals surface area contributed by atoms with E-state index in [0.717, 1.165) is 25.3 Å². The molecular weight excluding hydrogens is 292 g/mol. The highest BCUT2D eigenvalue weighted by Crippen LogP contribution is 2.33. The maximum absolute atomic E-state index is 11.7. The molecule has 1 aromatic heterocycles. The standard InChI is InChI=1S/C18H24N2O3/c1-4-23-18(21)8-10-20-16-6-5-13(22-3)11-14(16)15-12-19(2)9-7-17(15)20/h5-6,11H,4,7-10,12H2,1-3H3. The molecule has 0 radical (unpaired) electrons. The number of ether oxygens (including phenoxy) is 2. The Morgan fingerprint density at radius 1 is 1.35 bits per heavy atom. The molecule has 23 heavy (non-hydrogen) atoms. The third-order valence-corrected chi connectivity index (χ3v) is 4.50. The number of aromatic nitrogens is 1. The van der Waals surface area contributed by atoms with E-state index < -0.39 is 0 Å². The van der Waals surface area contributed by atoms with Gasteiger partial charge in [-0.1, -0.05) is 0 Å². The molecular formula is C18H24N2O3. The number of hydrogen-bond acceptors (Lipinski definition) is 4. The summed E-state index contributed by atoms with van der Waals surface area (Å²) >= 11 is 0. The van der Waals surface area contributed by atoms with E-state index in [9.17, 15) is 4.79 Å². The average molecular weight is 316 g/mol. The summed E-state index contributed by atoms with van der Waals surface area (Å²) in [5, 5.41) is 1.23. The second kappa shape index (κ2) is 6.62. The minimum atomic E-state index is -0.135. The SMILES string of the molecule is CCOC(=O)CCn1c2c(c3cc(OC)ccc31)CN(C)CC2. The molecule has 0 bridgehead atoms. The van der Waals surface area contributed by atoms with Crippen LogP contribution < -0.4 is 4.74 Å². The number of nitrogens with zero attached hydrogens (tertiary/aromatic N) is 2. The molecule has 1 aromatic carbocycles. The first-order valence-corrected chi connectivity index (χ1v) is 8.16. The largest absolute Gasteiger partial charge is 0.497 e. The van der Waals surface area contributed by atoms with Crippen LogP contribution in [0.25, 0.3) is 10.9 Å². The van der Waals surface area contributed by atoms with E-state index >= 15 is 0 Å². The highest BCUT2D eigenvalue weighted by atomic mass is 16.5. The van der Waals surface area contributed by atoms with Crippen molar-refractivity contribution in [3.05, 3.63) is 29.5 Å². The smallest absolute Gasteiger partial charge is 0.307 e. The van der Waals surface area contributed by atoms with Gasteiger partial charge in [-0.05, 0) is 37.7 Å². The molecule has 0 saturated heterocycles. The van der Waals surface area contributed by atoms with Gasteiger partial charge >= 0.3 is 5.97 Å². The Bertz CT molecular complexity index is 721. The zero-order chi connectivity index (χ0) is 16.4. The van der Waals surface area contributed by atoms with Crippen molar-refractivity contribution in [2.75, 3.05) is 27.3 Å². The lowest BCUT2D eigenvalue weighted by atomic mass is 10.0. The molecule has 3 rings (SSSR count). The second-order valence-corrected chi connectivity index (χ2v) is 6.00. The summed E-state index contributed by atoms with van der Waals surface area (Å²) in [5.41, 5.74) is 3.88. The van der Waals surface area contributed by atoms with E-state index in [1.165, 1.54) is 22.2 Å². The predicted octanol–water partition coefficient (Wildman–Crippen LogP) is 2.59. The Hall–Kier alpha value is -2.01. The molecule has 0 amide bonds. The Morgan fingerprint density at radius 3 is 2.91 bits per heavy atom. The van der Waals surface area contributed by atoms with Crippen LogP contribution in [0.3, 0.4) is 0 Å². The number of methoxy groups -OCH3 is 1. The Balaban J connectivity index is 2.01. The molecule has 0 atom stereocenters. The second-order valence-electron chi connectivity index (χ2n) is 6.00. The number of fused-ring (bicyclic) bond motifs is 3. The van der Waals surface area contributed by atoms with Crippen LogP contribution >= 0.6 is 0 Å². The molecule has 0 N–H and O–H groups in total. The van der Waals surface area contributed by atoms with Gasteiger partial charge in [-0.3, -0.25) is 4.79 Å². The summed E-state index contributed by atoms with van der Waals surface area (Å²) in [7, 11) is 3.84. The van der Waals surface area contributed by atoms with Gasteiger partial charge in [-0.15, -0.1) is 0 Å². The maximum atomic E-state index is 11.7. The number of benzene rings is 1. The molecule has 2 aromatic rings. The highest BCUT2D eigenvalue weighted by Gasteiger charge is 2.23. The number of esters is 1. The summed E-state index contributed by atoms with van der Waals surface area (Å²) in [5.74, 6) is 0.737. The lowest BCUT2D eigenvalue weighted by Crippen LogP contribution is -2.27. The van der Waals surface area contributed by atoms with Gasteiger partial charge in [0.15, 0.2) is 0 Å². The summed E-state index contributed by atoms with van der Waals surface area (Å²) < 4.78 is 12.7. The summed E-state index contributed by atoms with van der Waals surface area (Å²) in [6, 6.07) is 6.18. The Kier molecular flexibility index (Phi) is 4.57. The van der Waals surface area contributed by atoms with E-state index in [0.29, 0.717) is 19.6 Å². The van der Waals surface area contributed by atoms with Crippen LogP contribution in [-0.4, -0.2) is 42.7 Å². The number of aryl methyl sites for hydroxylation is 1. The fourth-order valence-corrected chi connectivity index (χ4v) is 3.38. The molecule has 5 heteroatoms. The fraction of sp³-hybridized carbons (Fsp3) is 0.500. The van der Waals surface area contributed by atoms with Gasteiger partial charge in [0.05, 0.1) is 20.1 Å². The number of hydrogen-bond donors (Lipinski definition) is 0. The van der Waals surface area contributed by atoms with Gasteiger partial charge in [0, 0.05) is 42.7 Å². The highest BCUT2D eigenvalue weighted by molar-refractivity contribution is 5.87. The van der Waals surface area contributed by atoms with Crippen LogP contribution in [0.1, 0.15) is 24.6 Å². The maximum Gasteiger partial charge on any atom is 0.307 e. The first-order valence-electron chi connectivity index (χ1n) is 8.16. The number of carbonyl (C=O) groups excluding carboxylic acids is 1. The quantitative estimate of drug-likeness (QED) is 0.795. The van der Waals surface area contributed by atoms with Gasteiger partial charge in [0.1, 0.15) is 5.75 Å². The first-order chi connectivity index (χ1) is 11.1. The van der Waals surface area contributed by atoms with Crippen molar-refractivity contribution in [2.45, 2.75) is 32.9 Å². The summed E-state index contributed by atoms with van der Waals surface area (Å²) in [4.78, 5) is 14.1. The zero-order valence-electron chi connectivity index (χ0n) is 14.1. The van der Waals surface area contributed by atoms with E-state index in [1.54, 1.807) is 7.11 Å². The molecule has 2 heterocycles. The van der Waals surface area contributed by atoms with Crippen molar-refractivity contribution >= 4 is 16.9 Å². The van der Waals surface area contributed by atoms with Crippen molar-refractivity contribution in [1.82, 2.24) is 9.47 Å². The fourth-order valence-electron chi connectivity index (χ4n) is 3.38. The van der Waals surface area contributed by atoms with Crippen molar-refractivity contribution in [1.29, 1.82) is 0 Å². The van der Waals surface area contributed by atoms with E-state index in [4.69, 9.17) is 9.47 Å². The lowest BCUT2D eigenvalue weighted by molar-refractivity contribution is -0.143. The van der Waals surface area contributed by atoms with Crippen molar-refractivity contribution in [3.8, 4) is 5.75 Å². The Morgan fingerprint density at radius 2 is 2.17 bits per heavy atom. The van der Waals surface area contributed by atoms with Crippen LogP contribution in [0.5, 0.6) is 5.75 Å². The molecule has 0 aliphatic carbocycles. The van der Waals surface area contributed by atoms with Gasteiger partial charge in [-0.25, -0.2) is 0 Å². The summed E-state index contributed by atoms with van der Waals surface area (Å²) in [6.45, 7) is 4.92. The van der Waals surface area contributed by atoms with Crippen LogP contribution in [0.2, 0.25) is 0 Å². The molecule has 124 valence electrons. The van der Waals surface area contributed by atoms with Gasteiger partial charge < -0.3 is 18.9 Å². The minimum absolute atomic E-state index is 0.135. The van der Waals surface area contributed by atoms with Gasteiger partial charge in [0.2, 0.25) is 0 Å². The normalized spacial score (nSPS) is 14.7. The number of likely N-dealkylation sites (N-methyl/N-ethyl adjacent to an activating group) is 1. The van der Waals surface area contributed by atoms with Crippen LogP contribution in [0.15, 0.2) is 18.2 Å². The third kappa shape index (κ3) is 3.06. The topological polar surface area (TPSA) is 43.7 Å². The molecule has 0 saturated carbocycles. The third-order valence-electron chi connectivity index (χ3n) is 4.50. The van der Waals surface area contributed by atoms with Gasteiger partial charge in [-0.2, -0.15) is 0 Å². The number of carbonyl (C=O) groups is 1. The van der Waals surface area contributed by atoms with Crippen LogP contribution in [0.4, 0.5) is 0 Å². The first kappa shape index (κ1) is 15.9. The monoisotopic (exact) mass is 316 g/mol. The predicted molar refractivity (Wildman–Crippen MR) is 89.8 cm³/mol. The molecule has 1 aliphatic rings. The zero-order valence-corrected chi connectivity index (χ0v) is 14.1. The molecule has 0 fully saturated rings. The van der Waals surface area contributed by atoms with Crippen molar-refractivity contribution in [3.63, 3.8) is 0 Å². The minimum Gasteiger partial charge on any atom is -0.497 e. The Labute approximate surface area is 136 Å². The molecule has 5 nitrogen and oxygen atoms in total. The molecule has 0 spiro atoms. The van der Waals surface area contributed by atoms with Crippen LogP contribution in [-0.2, 0) is 29.0 Å². The molecule has 1 aliphatic heterocycles. The van der Waals surface area contributed by atoms with Gasteiger partial charge in [0.25, 0.3) is 0 Å². The van der Waals surface area contributed by atoms with Crippen LogP contribution in [0, 0.1) is 0 Å². The average Bonchev–Trinajstić information content (AvgIpc) is 2.85. The lowest BCUT2D eigenvalue weighted by Gasteiger charge is -2.24. The van der Waals surface area contributed by atoms with Crippen molar-refractivity contribution < 1.29 is 14.3 Å². The number of rotatable bonds is 5. The van der Waals surface area contributed by atoms with Crippen molar-refractivity contribution in [2.24, 2.45) is 0 Å². The van der Waals surface area contributed by atoms with E-state index in [2.05, 4.69) is 28.6 Å². The van der Waals surface area contributed by atoms with E-state index in [-0.39, 0.29) is 5.97 Å². The van der Waals surface area contributed by atoms with E-state index in [1.807, 2.05) is 13.0 Å².